The molecule has 0 saturated heterocycles. The summed E-state index contributed by atoms with van der Waals surface area (Å²) in [5.74, 6) is 4.63. The second-order valence-corrected chi connectivity index (χ2v) is 8.18. The molecule has 10 nitrogen and oxygen atoms in total. The van der Waals surface area contributed by atoms with Crippen LogP contribution in [0, 0.1) is 11.8 Å². The number of hydrogen-bond acceptors (Lipinski definition) is 7. The highest BCUT2D eigenvalue weighted by Crippen LogP contribution is 2.10. The van der Waals surface area contributed by atoms with Crippen LogP contribution in [-0.2, 0) is 16.1 Å². The number of pyridine rings is 1. The molecule has 0 spiro atoms. The van der Waals surface area contributed by atoms with Crippen molar-refractivity contribution in [1.82, 2.24) is 20.7 Å². The van der Waals surface area contributed by atoms with Crippen molar-refractivity contribution >= 4 is 23.4 Å². The Morgan fingerprint density at radius 2 is 1.65 bits per heavy atom. The number of benzene rings is 2. The van der Waals surface area contributed by atoms with E-state index < -0.39 is 17.9 Å². The van der Waals surface area contributed by atoms with Crippen molar-refractivity contribution < 1.29 is 19.6 Å². The molecule has 2 aromatic carbocycles. The van der Waals surface area contributed by atoms with Crippen molar-refractivity contribution in [2.75, 3.05) is 25.5 Å². The monoisotopic (exact) mass is 500 g/mol. The summed E-state index contributed by atoms with van der Waals surface area (Å²) in [6.45, 7) is 0.643. The molecule has 1 heterocycles. The molecule has 1 atom stereocenters. The Morgan fingerprint density at radius 1 is 1.00 bits per heavy atom. The summed E-state index contributed by atoms with van der Waals surface area (Å²) in [6, 6.07) is 18.3. The molecule has 0 radical (unpaired) electrons. The van der Waals surface area contributed by atoms with Gasteiger partial charge in [-0.1, -0.05) is 17.9 Å². The van der Waals surface area contributed by atoms with E-state index in [1.807, 2.05) is 30.1 Å². The van der Waals surface area contributed by atoms with Crippen LogP contribution in [0.4, 0.5) is 5.69 Å². The number of rotatable bonds is 9. The second kappa shape index (κ2) is 13.5. The highest BCUT2D eigenvalue weighted by Gasteiger charge is 2.19. The van der Waals surface area contributed by atoms with Gasteiger partial charge in [0.15, 0.2) is 0 Å². The highest BCUT2D eigenvalue weighted by molar-refractivity contribution is 5.97. The van der Waals surface area contributed by atoms with Crippen LogP contribution in [0.1, 0.15) is 27.2 Å². The highest BCUT2D eigenvalue weighted by atomic mass is 16.5. The molecule has 190 valence electrons. The first-order valence-electron chi connectivity index (χ1n) is 11.4. The fourth-order valence-corrected chi connectivity index (χ4v) is 3.31. The lowest BCUT2D eigenvalue weighted by atomic mass is 10.1. The maximum Gasteiger partial charge on any atom is 0.267 e. The van der Waals surface area contributed by atoms with Crippen LogP contribution in [0.5, 0.6) is 0 Å². The summed E-state index contributed by atoms with van der Waals surface area (Å²) in [4.78, 5) is 42.2. The van der Waals surface area contributed by atoms with E-state index in [4.69, 9.17) is 10.9 Å². The van der Waals surface area contributed by atoms with E-state index >= 15 is 0 Å². The van der Waals surface area contributed by atoms with E-state index in [1.54, 1.807) is 54.7 Å². The SMILES string of the molecule is CN(CC(=O)Nc1ccc(C#Cc2ccc(C(=O)N[C@@H](CN)C(=O)NO)cc2)cc1)Cc1ccccn1. The number of nitrogens with zero attached hydrogens (tertiary/aromatic N) is 2. The minimum Gasteiger partial charge on any atom is -0.339 e. The average molecular weight is 501 g/mol. The largest absolute Gasteiger partial charge is 0.339 e. The van der Waals surface area contributed by atoms with Gasteiger partial charge in [-0.05, 0) is 67.7 Å². The predicted octanol–water partition coefficient (Wildman–Crippen LogP) is 1.11. The van der Waals surface area contributed by atoms with E-state index in [-0.39, 0.29) is 19.0 Å². The molecule has 6 N–H and O–H groups in total. The number of hydrogen-bond donors (Lipinski definition) is 5. The molecule has 0 fully saturated rings. The van der Waals surface area contributed by atoms with Crippen molar-refractivity contribution in [3.05, 3.63) is 95.3 Å². The third kappa shape index (κ3) is 8.55. The van der Waals surface area contributed by atoms with Gasteiger partial charge in [0.25, 0.3) is 11.8 Å². The molecular formula is C27H28N6O4. The van der Waals surface area contributed by atoms with Crippen LogP contribution < -0.4 is 21.8 Å². The van der Waals surface area contributed by atoms with Crippen molar-refractivity contribution in [3.63, 3.8) is 0 Å². The maximum absolute atomic E-state index is 12.3. The minimum absolute atomic E-state index is 0.129. The van der Waals surface area contributed by atoms with Gasteiger partial charge in [-0.3, -0.25) is 29.5 Å². The zero-order chi connectivity index (χ0) is 26.6. The van der Waals surface area contributed by atoms with E-state index in [2.05, 4.69) is 27.5 Å². The number of anilines is 1. The van der Waals surface area contributed by atoms with E-state index in [0.717, 1.165) is 11.3 Å². The Morgan fingerprint density at radius 3 is 2.22 bits per heavy atom. The van der Waals surface area contributed by atoms with Gasteiger partial charge in [-0.25, -0.2) is 5.48 Å². The number of carbonyl (C=O) groups excluding carboxylic acids is 3. The quantitative estimate of drug-likeness (QED) is 0.168. The van der Waals surface area contributed by atoms with Crippen LogP contribution >= 0.6 is 0 Å². The fraction of sp³-hybridized carbons (Fsp3) is 0.185. The number of aromatic nitrogens is 1. The molecule has 3 aromatic rings. The minimum atomic E-state index is -1.04. The van der Waals surface area contributed by atoms with Gasteiger partial charge < -0.3 is 16.4 Å². The molecule has 10 heteroatoms. The van der Waals surface area contributed by atoms with Crippen molar-refractivity contribution in [1.29, 1.82) is 0 Å². The molecule has 3 amide bonds. The standard InChI is InChI=1S/C27H28N6O4/c1-33(17-23-4-2-3-15-29-23)18-25(34)30-22-13-9-20(10-14-22)6-5-19-7-11-21(12-8-19)26(35)31-24(16-28)27(36)32-37/h2-4,7-15,24,37H,16-18,28H2,1H3,(H,30,34)(H,31,35)(H,32,36)/t24-/m0/s1. The number of amides is 3. The Bertz CT molecular complexity index is 1270. The first-order chi connectivity index (χ1) is 17.9. The lowest BCUT2D eigenvalue weighted by Gasteiger charge is -2.15. The Balaban J connectivity index is 1.52. The van der Waals surface area contributed by atoms with E-state index in [1.165, 1.54) is 5.48 Å². The molecule has 37 heavy (non-hydrogen) atoms. The summed E-state index contributed by atoms with van der Waals surface area (Å²) in [7, 11) is 1.86. The number of hydroxylamine groups is 1. The topological polar surface area (TPSA) is 150 Å². The molecule has 0 unspecified atom stereocenters. The Labute approximate surface area is 214 Å². The number of nitrogens with one attached hydrogen (secondary N) is 3. The van der Waals surface area contributed by atoms with Crippen LogP contribution in [-0.4, -0.2) is 59.0 Å². The van der Waals surface area contributed by atoms with Crippen LogP contribution in [0.3, 0.4) is 0 Å². The van der Waals surface area contributed by atoms with Gasteiger partial charge in [0.05, 0.1) is 12.2 Å². The first-order valence-corrected chi connectivity index (χ1v) is 11.4. The zero-order valence-electron chi connectivity index (χ0n) is 20.3. The van der Waals surface area contributed by atoms with Gasteiger partial charge in [0.2, 0.25) is 5.91 Å². The van der Waals surface area contributed by atoms with E-state index in [0.29, 0.717) is 23.4 Å². The average Bonchev–Trinajstić information content (AvgIpc) is 2.91. The van der Waals surface area contributed by atoms with Gasteiger partial charge in [-0.2, -0.15) is 0 Å². The molecule has 0 saturated carbocycles. The van der Waals surface area contributed by atoms with Gasteiger partial charge in [0, 0.05) is 41.7 Å². The lowest BCUT2D eigenvalue weighted by molar-refractivity contribution is -0.130. The van der Waals surface area contributed by atoms with Crippen LogP contribution in [0.25, 0.3) is 0 Å². The molecule has 3 rings (SSSR count). The Kier molecular flexibility index (Phi) is 9.87. The summed E-state index contributed by atoms with van der Waals surface area (Å²) < 4.78 is 0. The predicted molar refractivity (Wildman–Crippen MR) is 138 cm³/mol. The number of carbonyl (C=O) groups is 3. The molecule has 1 aromatic heterocycles. The number of nitrogens with two attached hydrogens (primary N) is 1. The van der Waals surface area contributed by atoms with Gasteiger partial charge in [-0.15, -0.1) is 0 Å². The summed E-state index contributed by atoms with van der Waals surface area (Å²) in [5, 5.41) is 14.0. The second-order valence-electron chi connectivity index (χ2n) is 8.18. The molecule has 0 aliphatic carbocycles. The third-order valence-electron chi connectivity index (χ3n) is 5.21. The van der Waals surface area contributed by atoms with Crippen LogP contribution in [0.15, 0.2) is 72.9 Å². The van der Waals surface area contributed by atoms with Crippen LogP contribution in [0.2, 0.25) is 0 Å². The molecule has 0 bridgehead atoms. The molecule has 0 aliphatic heterocycles. The Hall–Kier alpha value is -4.56. The van der Waals surface area contributed by atoms with Crippen molar-refractivity contribution in [2.45, 2.75) is 12.6 Å². The fourth-order valence-electron chi connectivity index (χ4n) is 3.31. The molecular weight excluding hydrogens is 472 g/mol. The summed E-state index contributed by atoms with van der Waals surface area (Å²) in [6.07, 6.45) is 1.73. The first kappa shape index (κ1) is 27.0. The normalized spacial score (nSPS) is 11.1. The van der Waals surface area contributed by atoms with Gasteiger partial charge in [0.1, 0.15) is 6.04 Å². The third-order valence-corrected chi connectivity index (χ3v) is 5.21. The smallest absolute Gasteiger partial charge is 0.267 e. The maximum atomic E-state index is 12.3. The van der Waals surface area contributed by atoms with Gasteiger partial charge >= 0.3 is 0 Å². The summed E-state index contributed by atoms with van der Waals surface area (Å²) >= 11 is 0. The van der Waals surface area contributed by atoms with Crippen molar-refractivity contribution in [3.8, 4) is 11.8 Å². The number of likely N-dealkylation sites (N-methyl/N-ethyl adjacent to an activating group) is 1. The summed E-state index contributed by atoms with van der Waals surface area (Å²) in [5.41, 5.74) is 10.2. The molecule has 0 aliphatic rings. The zero-order valence-corrected chi connectivity index (χ0v) is 20.3. The van der Waals surface area contributed by atoms with Crippen molar-refractivity contribution in [2.24, 2.45) is 5.73 Å². The van der Waals surface area contributed by atoms with E-state index in [9.17, 15) is 14.4 Å². The lowest BCUT2D eigenvalue weighted by Crippen LogP contribution is -2.50.